The van der Waals surface area contributed by atoms with E-state index >= 15 is 0 Å². The number of nitrogens with one attached hydrogen (secondary N) is 1. The standard InChI is InChI=1S/C26H22ClF3N6O3S/c1-13-31-21-9-18(22-33-34-24(40-22)26(28,29)30)20(32-16-6-7-35-17(8-16)12-39-25(35)38)10-19(21)23(37)36(13)11-14-2-4-15(27)5-3-14/h2-5,9-10,16-17,32H,6-8,11-12H2,1H3/t16-,17-/m0/s1. The molecule has 208 valence electrons. The average molecular weight is 591 g/mol. The Bertz CT molecular complexity index is 1670. The monoisotopic (exact) mass is 590 g/mol. The fourth-order valence-corrected chi connectivity index (χ4v) is 6.00. The molecule has 0 radical (unpaired) electrons. The summed E-state index contributed by atoms with van der Waals surface area (Å²) in [5.74, 6) is 0.450. The normalized spacial score (nSPS) is 19.1. The molecule has 2 atom stereocenters. The van der Waals surface area contributed by atoms with Crippen LogP contribution in [0.25, 0.3) is 21.5 Å². The minimum Gasteiger partial charge on any atom is -0.447 e. The first-order chi connectivity index (χ1) is 19.1. The number of benzene rings is 2. The predicted molar refractivity (Wildman–Crippen MR) is 144 cm³/mol. The number of anilines is 1. The van der Waals surface area contributed by atoms with Crippen molar-refractivity contribution in [2.75, 3.05) is 18.5 Å². The minimum absolute atomic E-state index is 0.0540. The molecule has 4 aromatic rings. The van der Waals surface area contributed by atoms with Crippen molar-refractivity contribution >= 4 is 45.6 Å². The third kappa shape index (κ3) is 4.99. The van der Waals surface area contributed by atoms with Gasteiger partial charge < -0.3 is 15.0 Å². The van der Waals surface area contributed by atoms with Gasteiger partial charge in [0, 0.05) is 28.9 Å². The van der Waals surface area contributed by atoms with Gasteiger partial charge in [-0.1, -0.05) is 35.1 Å². The second-order valence-corrected chi connectivity index (χ2v) is 11.2. The van der Waals surface area contributed by atoms with Gasteiger partial charge in [0.1, 0.15) is 17.4 Å². The molecule has 6 rings (SSSR count). The Morgan fingerprint density at radius 3 is 2.67 bits per heavy atom. The zero-order valence-corrected chi connectivity index (χ0v) is 22.6. The lowest BCUT2D eigenvalue weighted by atomic mass is 9.97. The first-order valence-electron chi connectivity index (χ1n) is 12.5. The minimum atomic E-state index is -4.63. The van der Waals surface area contributed by atoms with Gasteiger partial charge in [0.15, 0.2) is 0 Å². The Kier molecular flexibility index (Phi) is 6.65. The van der Waals surface area contributed by atoms with Crippen LogP contribution in [0.5, 0.6) is 0 Å². The van der Waals surface area contributed by atoms with E-state index in [9.17, 15) is 22.8 Å². The van der Waals surface area contributed by atoms with Gasteiger partial charge in [-0.2, -0.15) is 13.2 Å². The van der Waals surface area contributed by atoms with E-state index < -0.39 is 11.2 Å². The quantitative estimate of drug-likeness (QED) is 0.335. The Morgan fingerprint density at radius 2 is 1.95 bits per heavy atom. The van der Waals surface area contributed by atoms with E-state index in [2.05, 4.69) is 20.5 Å². The molecule has 1 amide bonds. The number of halogens is 4. The molecule has 2 aromatic carbocycles. The van der Waals surface area contributed by atoms with Gasteiger partial charge in [-0.15, -0.1) is 10.2 Å². The van der Waals surface area contributed by atoms with Gasteiger partial charge in [0.05, 0.1) is 23.5 Å². The van der Waals surface area contributed by atoms with Crippen molar-refractivity contribution in [2.24, 2.45) is 0 Å². The molecule has 0 aliphatic carbocycles. The second kappa shape index (κ2) is 10.0. The number of hydrogen-bond donors (Lipinski definition) is 1. The van der Waals surface area contributed by atoms with Gasteiger partial charge in [-0.05, 0) is 49.6 Å². The number of aryl methyl sites for hydroxylation is 1. The number of carbonyl (C=O) groups is 1. The number of nitrogens with zero attached hydrogens (tertiary/aromatic N) is 5. The summed E-state index contributed by atoms with van der Waals surface area (Å²) < 4.78 is 46.7. The SMILES string of the molecule is Cc1nc2cc(-c3nnc(C(F)(F)F)s3)c(N[C@H]3CCN4C(=O)OC[C@@H]4C3)cc2c(=O)n1Cc1ccc(Cl)cc1. The van der Waals surface area contributed by atoms with E-state index in [1.807, 2.05) is 12.1 Å². The maximum atomic E-state index is 13.7. The number of amides is 1. The number of piperidine rings is 1. The summed E-state index contributed by atoms with van der Waals surface area (Å²) in [5.41, 5.74) is 1.72. The van der Waals surface area contributed by atoms with E-state index in [1.165, 1.54) is 0 Å². The number of fused-ring (bicyclic) bond motifs is 2. The van der Waals surface area contributed by atoms with Crippen LogP contribution >= 0.6 is 22.9 Å². The number of rotatable bonds is 5. The summed E-state index contributed by atoms with van der Waals surface area (Å²) in [4.78, 5) is 31.9. The van der Waals surface area contributed by atoms with Gasteiger partial charge in [0.2, 0.25) is 5.01 Å². The van der Waals surface area contributed by atoms with Crippen LogP contribution in [0, 0.1) is 6.92 Å². The van der Waals surface area contributed by atoms with Crippen molar-refractivity contribution in [3.63, 3.8) is 0 Å². The van der Waals surface area contributed by atoms with Crippen molar-refractivity contribution < 1.29 is 22.7 Å². The molecule has 0 spiro atoms. The molecule has 0 bridgehead atoms. The van der Waals surface area contributed by atoms with E-state index in [1.54, 1.807) is 40.7 Å². The fraction of sp³-hybridized carbons (Fsp3) is 0.346. The van der Waals surface area contributed by atoms with Crippen molar-refractivity contribution in [1.82, 2.24) is 24.6 Å². The third-order valence-corrected chi connectivity index (χ3v) is 8.40. The van der Waals surface area contributed by atoms with Gasteiger partial charge in [-0.3, -0.25) is 9.36 Å². The molecule has 9 nitrogen and oxygen atoms in total. The molecule has 4 heterocycles. The summed E-state index contributed by atoms with van der Waals surface area (Å²) in [6, 6.07) is 10.1. The summed E-state index contributed by atoms with van der Waals surface area (Å²) in [6.45, 7) is 2.74. The maximum Gasteiger partial charge on any atom is 0.445 e. The zero-order chi connectivity index (χ0) is 28.2. The Labute approximate surface area is 234 Å². The van der Waals surface area contributed by atoms with E-state index in [0.717, 1.165) is 5.56 Å². The molecule has 2 fully saturated rings. The van der Waals surface area contributed by atoms with Gasteiger partial charge >= 0.3 is 12.3 Å². The number of carbonyl (C=O) groups excluding carboxylic acids is 1. The molecule has 0 unspecified atom stereocenters. The van der Waals surface area contributed by atoms with Crippen molar-refractivity contribution in [3.05, 3.63) is 68.2 Å². The molecule has 2 aromatic heterocycles. The highest BCUT2D eigenvalue weighted by atomic mass is 35.5. The summed E-state index contributed by atoms with van der Waals surface area (Å²) in [5, 5.41) is 10.4. The molecule has 2 aliphatic heterocycles. The predicted octanol–water partition coefficient (Wildman–Crippen LogP) is 5.34. The molecule has 1 N–H and O–H groups in total. The molecule has 14 heteroatoms. The van der Waals surface area contributed by atoms with E-state index in [4.69, 9.17) is 16.3 Å². The van der Waals surface area contributed by atoms with Crippen LogP contribution in [0.1, 0.15) is 29.2 Å². The number of cyclic esters (lactones) is 1. The molecular formula is C26H22ClF3N6O3S. The number of hydrogen-bond acceptors (Lipinski definition) is 8. The number of ether oxygens (including phenoxy) is 1. The van der Waals surface area contributed by atoms with Crippen LogP contribution in [0.4, 0.5) is 23.7 Å². The van der Waals surface area contributed by atoms with Crippen LogP contribution in [0.2, 0.25) is 5.02 Å². The smallest absolute Gasteiger partial charge is 0.445 e. The topological polar surface area (TPSA) is 102 Å². The molecular weight excluding hydrogens is 569 g/mol. The van der Waals surface area contributed by atoms with Crippen molar-refractivity contribution in [1.29, 1.82) is 0 Å². The van der Waals surface area contributed by atoms with Gasteiger partial charge in [0.25, 0.3) is 5.56 Å². The first-order valence-corrected chi connectivity index (χ1v) is 13.7. The van der Waals surface area contributed by atoms with Crippen molar-refractivity contribution in [2.45, 2.75) is 44.6 Å². The van der Waals surface area contributed by atoms with E-state index in [-0.39, 0.29) is 41.9 Å². The fourth-order valence-electron chi connectivity index (χ4n) is 5.13. The van der Waals surface area contributed by atoms with Crippen LogP contribution in [-0.4, -0.2) is 56.0 Å². The Morgan fingerprint density at radius 1 is 1.18 bits per heavy atom. The molecule has 2 aliphatic rings. The number of aromatic nitrogens is 4. The third-order valence-electron chi connectivity index (χ3n) is 7.15. The summed E-state index contributed by atoms with van der Waals surface area (Å²) in [7, 11) is 0. The highest BCUT2D eigenvalue weighted by Gasteiger charge is 2.39. The Hall–Kier alpha value is -3.71. The van der Waals surface area contributed by atoms with Crippen LogP contribution in [0.3, 0.4) is 0 Å². The largest absolute Gasteiger partial charge is 0.447 e. The summed E-state index contributed by atoms with van der Waals surface area (Å²) in [6.07, 6.45) is -3.79. The highest BCUT2D eigenvalue weighted by molar-refractivity contribution is 7.14. The first kappa shape index (κ1) is 26.5. The van der Waals surface area contributed by atoms with Crippen LogP contribution < -0.4 is 10.9 Å². The lowest BCUT2D eigenvalue weighted by Crippen LogP contribution is -2.45. The highest BCUT2D eigenvalue weighted by Crippen LogP contribution is 2.39. The molecule has 0 saturated carbocycles. The van der Waals surface area contributed by atoms with Crippen LogP contribution in [0.15, 0.2) is 41.2 Å². The lowest BCUT2D eigenvalue weighted by Gasteiger charge is -2.33. The Balaban J connectivity index is 1.42. The number of alkyl halides is 3. The molecule has 2 saturated heterocycles. The maximum absolute atomic E-state index is 13.7. The zero-order valence-electron chi connectivity index (χ0n) is 21.0. The average Bonchev–Trinajstić information content (AvgIpc) is 3.55. The van der Waals surface area contributed by atoms with E-state index in [0.29, 0.717) is 63.7 Å². The second-order valence-electron chi connectivity index (χ2n) is 9.79. The van der Waals surface area contributed by atoms with Crippen molar-refractivity contribution in [3.8, 4) is 10.6 Å². The molecule has 40 heavy (non-hydrogen) atoms. The van der Waals surface area contributed by atoms with Crippen LogP contribution in [-0.2, 0) is 17.5 Å². The van der Waals surface area contributed by atoms with Gasteiger partial charge in [-0.25, -0.2) is 9.78 Å². The summed E-state index contributed by atoms with van der Waals surface area (Å²) >= 11 is 6.42. The lowest BCUT2D eigenvalue weighted by molar-refractivity contribution is -0.138.